The first-order valence-electron chi connectivity index (χ1n) is 14.6. The normalized spacial score (nSPS) is 29.9. The minimum atomic E-state index is -1.48. The number of ether oxygens (including phenoxy) is 3. The highest BCUT2D eigenvalue weighted by atomic mass is 16.7. The maximum absolute atomic E-state index is 12.9. The van der Waals surface area contributed by atoms with Crippen molar-refractivity contribution in [1.29, 1.82) is 0 Å². The minimum absolute atomic E-state index is 0.146. The second-order valence-corrected chi connectivity index (χ2v) is 10.9. The third-order valence-electron chi connectivity index (χ3n) is 7.73. The maximum Gasteiger partial charge on any atom is 0.417 e. The summed E-state index contributed by atoms with van der Waals surface area (Å²) in [6, 6.07) is -0.566. The molecule has 0 aromatic carbocycles. The Morgan fingerprint density at radius 3 is 2.41 bits per heavy atom. The second kappa shape index (κ2) is 15.7. The molecule has 0 aromatic heterocycles. The summed E-state index contributed by atoms with van der Waals surface area (Å²) in [5.74, 6) is -1.03. The Morgan fingerprint density at radius 1 is 1.05 bits per heavy atom. The van der Waals surface area contributed by atoms with Crippen molar-refractivity contribution in [3.05, 3.63) is 12.0 Å². The molecule has 2 saturated heterocycles. The van der Waals surface area contributed by atoms with Crippen LogP contribution in [0.15, 0.2) is 12.0 Å². The van der Waals surface area contributed by atoms with Crippen LogP contribution >= 0.6 is 0 Å². The molecule has 11 nitrogen and oxygen atoms in total. The summed E-state index contributed by atoms with van der Waals surface area (Å²) in [5.41, 5.74) is 0. The molecule has 3 heterocycles. The van der Waals surface area contributed by atoms with Gasteiger partial charge in [-0.2, -0.15) is 0 Å². The van der Waals surface area contributed by atoms with Gasteiger partial charge in [0.15, 0.2) is 12.1 Å². The van der Waals surface area contributed by atoms with E-state index in [0.29, 0.717) is 19.4 Å². The first-order valence-corrected chi connectivity index (χ1v) is 14.6. The number of unbranched alkanes of at least 4 members (excludes halogenated alkanes) is 8. The van der Waals surface area contributed by atoms with Crippen LogP contribution in [0.5, 0.6) is 0 Å². The van der Waals surface area contributed by atoms with E-state index in [-0.39, 0.29) is 18.1 Å². The van der Waals surface area contributed by atoms with E-state index in [1.54, 1.807) is 6.92 Å². The van der Waals surface area contributed by atoms with E-state index in [1.165, 1.54) is 37.0 Å². The topological polar surface area (TPSA) is 155 Å². The fourth-order valence-electron chi connectivity index (χ4n) is 5.36. The summed E-state index contributed by atoms with van der Waals surface area (Å²) in [4.78, 5) is 39.2. The summed E-state index contributed by atoms with van der Waals surface area (Å²) < 4.78 is 16.8. The second-order valence-electron chi connectivity index (χ2n) is 10.9. The monoisotopic (exact) mass is 554 g/mol. The largest absolute Gasteiger partial charge is 0.417 e. The number of nitrogens with zero attached hydrogens (tertiary/aromatic N) is 1. The molecular formula is C28H46N2O9. The van der Waals surface area contributed by atoms with Crippen molar-refractivity contribution < 1.29 is 43.9 Å². The van der Waals surface area contributed by atoms with Gasteiger partial charge in [0.2, 0.25) is 11.8 Å². The van der Waals surface area contributed by atoms with Crippen LogP contribution in [0.2, 0.25) is 0 Å². The van der Waals surface area contributed by atoms with E-state index in [1.807, 2.05) is 0 Å². The molecule has 7 atom stereocenters. The van der Waals surface area contributed by atoms with Crippen molar-refractivity contribution in [3.63, 3.8) is 0 Å². The molecule has 4 N–H and O–H groups in total. The average molecular weight is 555 g/mol. The van der Waals surface area contributed by atoms with Crippen molar-refractivity contribution >= 4 is 17.8 Å². The van der Waals surface area contributed by atoms with Gasteiger partial charge in [0.1, 0.15) is 18.3 Å². The molecule has 2 fully saturated rings. The van der Waals surface area contributed by atoms with Gasteiger partial charge in [0.05, 0.1) is 24.7 Å². The van der Waals surface area contributed by atoms with Crippen LogP contribution in [0.1, 0.15) is 97.3 Å². The number of aliphatic hydroxyl groups is 3. The number of carbonyl (C=O) groups excluding carboxylic acids is 3. The summed E-state index contributed by atoms with van der Waals surface area (Å²) in [6.07, 6.45) is 5.39. The van der Waals surface area contributed by atoms with E-state index in [0.717, 1.165) is 38.2 Å². The fraction of sp³-hybridized carbons (Fsp3) is 0.821. The molecule has 0 bridgehead atoms. The van der Waals surface area contributed by atoms with Crippen LogP contribution in [-0.4, -0.2) is 87.4 Å². The number of rotatable bonds is 15. The van der Waals surface area contributed by atoms with Crippen molar-refractivity contribution in [2.45, 2.75) is 140 Å². The number of fused-ring (bicyclic) bond motifs is 1. The zero-order valence-electron chi connectivity index (χ0n) is 23.3. The Hall–Kier alpha value is -2.05. The molecule has 7 unspecified atom stereocenters. The number of carbonyl (C=O) groups is 3. The number of cyclic esters (lactones) is 1. The van der Waals surface area contributed by atoms with Crippen LogP contribution in [0.3, 0.4) is 0 Å². The van der Waals surface area contributed by atoms with Gasteiger partial charge in [0, 0.05) is 12.6 Å². The van der Waals surface area contributed by atoms with E-state index in [2.05, 4.69) is 12.2 Å². The van der Waals surface area contributed by atoms with Gasteiger partial charge in [-0.05, 0) is 26.2 Å². The first-order chi connectivity index (χ1) is 18.7. The smallest absolute Gasteiger partial charge is 0.393 e. The standard InChI is InChI=1S/C28H46N2O9/c1-3-4-5-6-7-8-9-10-11-13-19(38-27-26(35)25(34)24(33)18(2)37-27)16-22(32)29-23-17-21(31)20-14-12-15-30(20)28(36)39-23/h17-20,24-27,33-35H,3-16H2,1-2H3,(H,29,32). The highest BCUT2D eigenvalue weighted by molar-refractivity contribution is 5.98. The lowest BCUT2D eigenvalue weighted by Crippen LogP contribution is -2.58. The molecule has 222 valence electrons. The van der Waals surface area contributed by atoms with E-state index in [9.17, 15) is 29.7 Å². The number of hydrogen-bond acceptors (Lipinski definition) is 9. The van der Waals surface area contributed by atoms with Crippen molar-refractivity contribution in [2.75, 3.05) is 6.54 Å². The van der Waals surface area contributed by atoms with E-state index < -0.39 is 54.9 Å². The van der Waals surface area contributed by atoms with Crippen LogP contribution in [0.4, 0.5) is 4.79 Å². The molecule has 0 aliphatic carbocycles. The third kappa shape index (κ3) is 9.24. The molecule has 0 saturated carbocycles. The lowest BCUT2D eigenvalue weighted by Gasteiger charge is -2.40. The van der Waals surface area contributed by atoms with Crippen LogP contribution in [0.25, 0.3) is 0 Å². The maximum atomic E-state index is 12.9. The highest BCUT2D eigenvalue weighted by Crippen LogP contribution is 2.26. The molecular weight excluding hydrogens is 508 g/mol. The zero-order valence-corrected chi connectivity index (χ0v) is 23.3. The zero-order chi connectivity index (χ0) is 28.4. The lowest BCUT2D eigenvalue weighted by molar-refractivity contribution is -0.304. The van der Waals surface area contributed by atoms with Crippen molar-refractivity contribution in [1.82, 2.24) is 10.2 Å². The summed E-state index contributed by atoms with van der Waals surface area (Å²) in [5, 5.41) is 33.0. The van der Waals surface area contributed by atoms with E-state index >= 15 is 0 Å². The Labute approximate surface area is 230 Å². The van der Waals surface area contributed by atoms with Crippen molar-refractivity contribution in [2.24, 2.45) is 0 Å². The number of amides is 2. The minimum Gasteiger partial charge on any atom is -0.393 e. The third-order valence-corrected chi connectivity index (χ3v) is 7.73. The highest BCUT2D eigenvalue weighted by Gasteiger charge is 2.43. The van der Waals surface area contributed by atoms with Crippen LogP contribution in [-0.2, 0) is 23.8 Å². The SMILES string of the molecule is CCCCCCCCCCCC(CC(=O)NC1=CC(=O)C2CCCN2C(=O)O1)OC1OC(C)C(O)C(O)C1O. The molecule has 3 rings (SSSR count). The van der Waals surface area contributed by atoms with Gasteiger partial charge in [0.25, 0.3) is 0 Å². The summed E-state index contributed by atoms with van der Waals surface area (Å²) in [6.45, 7) is 4.19. The Morgan fingerprint density at radius 2 is 1.72 bits per heavy atom. The Balaban J connectivity index is 1.55. The summed E-state index contributed by atoms with van der Waals surface area (Å²) >= 11 is 0. The predicted molar refractivity (Wildman–Crippen MR) is 141 cm³/mol. The number of aliphatic hydroxyl groups excluding tert-OH is 3. The van der Waals surface area contributed by atoms with Gasteiger partial charge < -0.3 is 29.5 Å². The Bertz CT molecular complexity index is 851. The van der Waals surface area contributed by atoms with Crippen LogP contribution < -0.4 is 5.32 Å². The number of hydrogen-bond donors (Lipinski definition) is 4. The fourth-order valence-corrected chi connectivity index (χ4v) is 5.36. The molecule has 0 spiro atoms. The van der Waals surface area contributed by atoms with Gasteiger partial charge in [-0.3, -0.25) is 19.8 Å². The number of nitrogens with one attached hydrogen (secondary N) is 1. The predicted octanol–water partition coefficient (Wildman–Crippen LogP) is 2.65. The van der Waals surface area contributed by atoms with Crippen LogP contribution in [0, 0.1) is 0 Å². The number of ketones is 1. The lowest BCUT2D eigenvalue weighted by atomic mass is 9.99. The van der Waals surface area contributed by atoms with Gasteiger partial charge >= 0.3 is 6.09 Å². The quantitative estimate of drug-likeness (QED) is 0.224. The van der Waals surface area contributed by atoms with Crippen molar-refractivity contribution in [3.8, 4) is 0 Å². The molecule has 0 aromatic rings. The Kier molecular flexibility index (Phi) is 12.6. The van der Waals surface area contributed by atoms with Gasteiger partial charge in [-0.1, -0.05) is 64.7 Å². The molecule has 0 radical (unpaired) electrons. The molecule has 39 heavy (non-hydrogen) atoms. The average Bonchev–Trinajstić information content (AvgIpc) is 3.36. The van der Waals surface area contributed by atoms with Gasteiger partial charge in [-0.15, -0.1) is 0 Å². The van der Waals surface area contributed by atoms with Gasteiger partial charge in [-0.25, -0.2) is 4.79 Å². The summed E-state index contributed by atoms with van der Waals surface area (Å²) in [7, 11) is 0. The molecule has 3 aliphatic heterocycles. The first kappa shape index (κ1) is 31.5. The molecule has 3 aliphatic rings. The molecule has 11 heteroatoms. The molecule has 2 amide bonds. The van der Waals surface area contributed by atoms with E-state index in [4.69, 9.17) is 14.2 Å².